The molecule has 0 aromatic rings. The summed E-state index contributed by atoms with van der Waals surface area (Å²) in [6, 6.07) is 0. The quantitative estimate of drug-likeness (QED) is 0.179. The molecule has 190 valence electrons. The summed E-state index contributed by atoms with van der Waals surface area (Å²) in [5.74, 6) is -2.12. The van der Waals surface area contributed by atoms with Crippen LogP contribution >= 0.6 is 0 Å². The number of hydrogen-bond donors (Lipinski definition) is 7. The molecular formula is C21H34O12. The Morgan fingerprint density at radius 2 is 1.85 bits per heavy atom. The minimum Gasteiger partial charge on any atom is -0.462 e. The van der Waals surface area contributed by atoms with Gasteiger partial charge in [-0.25, -0.2) is 0 Å². The lowest BCUT2D eigenvalue weighted by molar-refractivity contribution is -0.299. The van der Waals surface area contributed by atoms with Crippen molar-refractivity contribution in [3.05, 3.63) is 11.8 Å². The lowest BCUT2D eigenvalue weighted by atomic mass is 9.80. The van der Waals surface area contributed by atoms with Gasteiger partial charge < -0.3 is 54.7 Å². The third-order valence-corrected chi connectivity index (χ3v) is 6.53. The maximum Gasteiger partial charge on any atom is 0.309 e. The van der Waals surface area contributed by atoms with Crippen LogP contribution in [-0.2, 0) is 23.7 Å². The van der Waals surface area contributed by atoms with E-state index in [-0.39, 0.29) is 25.4 Å². The molecule has 10 atom stereocenters. The first-order valence-corrected chi connectivity index (χ1v) is 11.0. The van der Waals surface area contributed by atoms with Crippen molar-refractivity contribution in [3.8, 4) is 0 Å². The molecule has 0 unspecified atom stereocenters. The summed E-state index contributed by atoms with van der Waals surface area (Å²) in [4.78, 5) is 12.2. The third kappa shape index (κ3) is 5.19. The number of aliphatic hydroxyl groups is 7. The largest absolute Gasteiger partial charge is 0.462 e. The number of hydrogen-bond acceptors (Lipinski definition) is 12. The maximum atomic E-state index is 12.2. The van der Waals surface area contributed by atoms with Crippen LogP contribution in [0.1, 0.15) is 26.7 Å². The smallest absolute Gasteiger partial charge is 0.309 e. The van der Waals surface area contributed by atoms with Crippen molar-refractivity contribution in [1.29, 1.82) is 0 Å². The molecule has 2 fully saturated rings. The minimum atomic E-state index is -1.99. The Morgan fingerprint density at radius 1 is 1.15 bits per heavy atom. The first kappa shape index (κ1) is 26.3. The molecule has 1 saturated heterocycles. The molecule has 0 spiro atoms. The van der Waals surface area contributed by atoms with Crippen LogP contribution in [-0.4, -0.2) is 110 Å². The molecule has 0 amide bonds. The highest BCUT2D eigenvalue weighted by Crippen LogP contribution is 2.49. The monoisotopic (exact) mass is 478 g/mol. The van der Waals surface area contributed by atoms with Gasteiger partial charge in [0.15, 0.2) is 6.29 Å². The Bertz CT molecular complexity index is 711. The van der Waals surface area contributed by atoms with Crippen LogP contribution in [0.3, 0.4) is 0 Å². The van der Waals surface area contributed by atoms with Gasteiger partial charge in [-0.2, -0.15) is 0 Å². The minimum absolute atomic E-state index is 0.0210. The summed E-state index contributed by atoms with van der Waals surface area (Å²) in [5.41, 5.74) is -1.56. The molecule has 33 heavy (non-hydrogen) atoms. The zero-order valence-corrected chi connectivity index (χ0v) is 18.6. The Hall–Kier alpha value is -1.35. The highest BCUT2D eigenvalue weighted by molar-refractivity contribution is 5.69. The third-order valence-electron chi connectivity index (χ3n) is 6.53. The van der Waals surface area contributed by atoms with Crippen LogP contribution in [0, 0.1) is 17.8 Å². The fourth-order valence-electron chi connectivity index (χ4n) is 4.64. The van der Waals surface area contributed by atoms with E-state index in [1.54, 1.807) is 0 Å². The van der Waals surface area contributed by atoms with Crippen molar-refractivity contribution in [3.63, 3.8) is 0 Å². The number of fused-ring (bicyclic) bond motifs is 1. The van der Waals surface area contributed by atoms with Gasteiger partial charge in [0.25, 0.3) is 0 Å². The molecule has 2 aliphatic heterocycles. The van der Waals surface area contributed by atoms with E-state index in [9.17, 15) is 40.5 Å². The van der Waals surface area contributed by atoms with Gasteiger partial charge >= 0.3 is 5.97 Å². The average molecular weight is 478 g/mol. The fraction of sp³-hybridized carbons (Fsp3) is 0.857. The van der Waals surface area contributed by atoms with Gasteiger partial charge in [0.1, 0.15) is 30.0 Å². The Morgan fingerprint density at radius 3 is 2.45 bits per heavy atom. The van der Waals surface area contributed by atoms with E-state index in [4.69, 9.17) is 18.9 Å². The predicted octanol–water partition coefficient (Wildman–Crippen LogP) is -2.65. The number of ether oxygens (including phenoxy) is 4. The number of carbonyl (C=O) groups is 1. The Kier molecular flexibility index (Phi) is 8.36. The summed E-state index contributed by atoms with van der Waals surface area (Å²) < 4.78 is 21.8. The van der Waals surface area contributed by atoms with Crippen molar-refractivity contribution in [2.24, 2.45) is 17.8 Å². The summed E-state index contributed by atoms with van der Waals surface area (Å²) in [5, 5.41) is 70.5. The molecule has 1 aliphatic carbocycles. The summed E-state index contributed by atoms with van der Waals surface area (Å²) in [7, 11) is 0. The van der Waals surface area contributed by atoms with Crippen molar-refractivity contribution >= 4 is 5.97 Å². The molecule has 1 saturated carbocycles. The van der Waals surface area contributed by atoms with Gasteiger partial charge in [-0.3, -0.25) is 4.79 Å². The summed E-state index contributed by atoms with van der Waals surface area (Å²) in [6.07, 6.45) is -8.43. The molecule has 2 heterocycles. The normalized spacial score (nSPS) is 43.1. The highest BCUT2D eigenvalue weighted by Gasteiger charge is 2.60. The van der Waals surface area contributed by atoms with Crippen molar-refractivity contribution in [2.45, 2.75) is 75.4 Å². The second-order valence-corrected chi connectivity index (χ2v) is 9.33. The van der Waals surface area contributed by atoms with Gasteiger partial charge in [-0.1, -0.05) is 13.8 Å². The first-order chi connectivity index (χ1) is 15.5. The van der Waals surface area contributed by atoms with Crippen LogP contribution in [0.25, 0.3) is 0 Å². The van der Waals surface area contributed by atoms with E-state index in [0.29, 0.717) is 5.57 Å². The van der Waals surface area contributed by atoms with E-state index < -0.39 is 79.7 Å². The molecule has 7 N–H and O–H groups in total. The lowest BCUT2D eigenvalue weighted by Gasteiger charge is -2.41. The van der Waals surface area contributed by atoms with Crippen LogP contribution in [0.2, 0.25) is 0 Å². The molecule has 0 radical (unpaired) electrons. The van der Waals surface area contributed by atoms with Gasteiger partial charge in [-0.15, -0.1) is 0 Å². The van der Waals surface area contributed by atoms with Crippen molar-refractivity contribution < 1.29 is 59.5 Å². The SMILES string of the molecule is CC(C)CC(=O)O[C@@H]1OC=C(CO[C@@H]2O[C@H](CO)[C@@H](O)[C@H](O)[C@H]2O)[C@H]2C[C@H](O)[C@](O)(CO)[C@@H]12. The first-order valence-electron chi connectivity index (χ1n) is 11.0. The van der Waals surface area contributed by atoms with Gasteiger partial charge in [-0.05, 0) is 17.9 Å². The zero-order valence-electron chi connectivity index (χ0n) is 18.6. The molecule has 12 heteroatoms. The number of rotatable bonds is 8. The molecule has 12 nitrogen and oxygen atoms in total. The molecule has 0 aromatic carbocycles. The predicted molar refractivity (Wildman–Crippen MR) is 108 cm³/mol. The fourth-order valence-corrected chi connectivity index (χ4v) is 4.64. The van der Waals surface area contributed by atoms with Crippen LogP contribution in [0.5, 0.6) is 0 Å². The molecular weight excluding hydrogens is 444 g/mol. The van der Waals surface area contributed by atoms with Gasteiger partial charge in [0, 0.05) is 12.3 Å². The number of esters is 1. The highest BCUT2D eigenvalue weighted by atomic mass is 16.7. The van der Waals surface area contributed by atoms with Gasteiger partial charge in [0.2, 0.25) is 6.29 Å². The van der Waals surface area contributed by atoms with E-state index >= 15 is 0 Å². The molecule has 0 aromatic heterocycles. The van der Waals surface area contributed by atoms with E-state index in [2.05, 4.69) is 0 Å². The van der Waals surface area contributed by atoms with E-state index in [1.807, 2.05) is 13.8 Å². The van der Waals surface area contributed by atoms with Crippen LogP contribution < -0.4 is 0 Å². The summed E-state index contributed by atoms with van der Waals surface area (Å²) >= 11 is 0. The van der Waals surface area contributed by atoms with Gasteiger partial charge in [0.05, 0.1) is 38.1 Å². The number of carbonyl (C=O) groups excluding carboxylic acids is 1. The summed E-state index contributed by atoms with van der Waals surface area (Å²) in [6.45, 7) is 2.04. The van der Waals surface area contributed by atoms with E-state index in [0.717, 1.165) is 0 Å². The van der Waals surface area contributed by atoms with E-state index in [1.165, 1.54) is 6.26 Å². The standard InChI is InChI=1S/C21H34O12/c1-9(2)3-14(25)33-19-15-11(4-13(24)21(15,29)8-23)10(6-30-19)7-31-20-18(28)17(27)16(26)12(5-22)32-20/h6,9,11-13,15-20,22-24,26-29H,3-5,7-8H2,1-2H3/t11-,12-,13+,15-,16-,17+,18-,19+,20-,21-/m1/s1. The number of aliphatic hydroxyl groups excluding tert-OH is 6. The molecule has 0 bridgehead atoms. The molecule has 3 aliphatic rings. The Balaban J connectivity index is 1.75. The second-order valence-electron chi connectivity index (χ2n) is 9.33. The maximum absolute atomic E-state index is 12.2. The Labute approximate surface area is 191 Å². The average Bonchev–Trinajstić information content (AvgIpc) is 3.03. The molecule has 3 rings (SSSR count). The van der Waals surface area contributed by atoms with Crippen molar-refractivity contribution in [1.82, 2.24) is 0 Å². The van der Waals surface area contributed by atoms with Crippen LogP contribution in [0.15, 0.2) is 11.8 Å². The second kappa shape index (κ2) is 10.5. The topological polar surface area (TPSA) is 196 Å². The van der Waals surface area contributed by atoms with Crippen molar-refractivity contribution in [2.75, 3.05) is 19.8 Å². The van der Waals surface area contributed by atoms with Crippen LogP contribution in [0.4, 0.5) is 0 Å². The zero-order chi connectivity index (χ0) is 24.5. The lowest BCUT2D eigenvalue weighted by Crippen LogP contribution is -2.59.